The number of nitrogens with two attached hydrogens (primary N) is 1. The zero-order valence-corrected chi connectivity index (χ0v) is 10.9. The number of benzene rings is 1. The molecule has 1 aliphatic rings. The van der Waals surface area contributed by atoms with Gasteiger partial charge >= 0.3 is 0 Å². The van der Waals surface area contributed by atoms with Gasteiger partial charge in [-0.2, -0.15) is 0 Å². The quantitative estimate of drug-likeness (QED) is 0.702. The molecule has 1 heterocycles. The van der Waals surface area contributed by atoms with E-state index in [2.05, 4.69) is 5.32 Å². The minimum Gasteiger partial charge on any atom is -0.399 e. The number of hydrogen-bond acceptors (Lipinski definition) is 4. The molecule has 0 aliphatic carbocycles. The van der Waals surface area contributed by atoms with E-state index < -0.39 is 0 Å². The lowest BCUT2D eigenvalue weighted by atomic mass is 9.81. The number of carbonyl (C=O) groups excluding carboxylic acids is 1. The standard InChI is InChI=1S/C14H20N2O3/c15-12-3-1-11(2-4-12)13(18)16-9-14(10-17)5-7-19-8-6-14/h1-4,17H,5-10,15H2,(H,16,18). The fourth-order valence-corrected chi connectivity index (χ4v) is 2.20. The largest absolute Gasteiger partial charge is 0.399 e. The van der Waals surface area contributed by atoms with Crippen LogP contribution in [0.4, 0.5) is 5.69 Å². The third-order valence-corrected chi connectivity index (χ3v) is 3.69. The van der Waals surface area contributed by atoms with E-state index in [1.807, 2.05) is 0 Å². The van der Waals surface area contributed by atoms with E-state index in [1.165, 1.54) is 0 Å². The van der Waals surface area contributed by atoms with Crippen LogP contribution in [0.1, 0.15) is 23.2 Å². The number of nitrogen functional groups attached to an aromatic ring is 1. The summed E-state index contributed by atoms with van der Waals surface area (Å²) in [6.45, 7) is 1.81. The van der Waals surface area contributed by atoms with E-state index in [-0.39, 0.29) is 17.9 Å². The molecule has 0 unspecified atom stereocenters. The van der Waals surface area contributed by atoms with Gasteiger partial charge in [0.2, 0.25) is 0 Å². The van der Waals surface area contributed by atoms with Gasteiger partial charge in [0.25, 0.3) is 5.91 Å². The number of aliphatic hydroxyl groups excluding tert-OH is 1. The van der Waals surface area contributed by atoms with Crippen molar-refractivity contribution < 1.29 is 14.6 Å². The third kappa shape index (κ3) is 3.45. The highest BCUT2D eigenvalue weighted by molar-refractivity contribution is 5.94. The van der Waals surface area contributed by atoms with Crippen LogP contribution in [-0.4, -0.2) is 37.4 Å². The van der Waals surface area contributed by atoms with E-state index in [0.717, 1.165) is 12.8 Å². The normalized spacial score (nSPS) is 17.9. The summed E-state index contributed by atoms with van der Waals surface area (Å²) in [5.74, 6) is -0.140. The molecule has 0 saturated carbocycles. The maximum absolute atomic E-state index is 12.0. The molecule has 1 aromatic rings. The lowest BCUT2D eigenvalue weighted by Crippen LogP contribution is -2.43. The van der Waals surface area contributed by atoms with Crippen LogP contribution in [0.15, 0.2) is 24.3 Å². The van der Waals surface area contributed by atoms with Crippen LogP contribution in [0.25, 0.3) is 0 Å². The number of amides is 1. The zero-order chi connectivity index (χ0) is 13.7. The van der Waals surface area contributed by atoms with Crippen LogP contribution in [0.2, 0.25) is 0 Å². The molecule has 5 nitrogen and oxygen atoms in total. The molecule has 1 fully saturated rings. The second-order valence-corrected chi connectivity index (χ2v) is 5.08. The Hall–Kier alpha value is -1.59. The predicted octanol–water partition coefficient (Wildman–Crippen LogP) is 0.788. The van der Waals surface area contributed by atoms with Crippen molar-refractivity contribution in [2.45, 2.75) is 12.8 Å². The average molecular weight is 264 g/mol. The molecule has 1 saturated heterocycles. The number of nitrogens with one attached hydrogen (secondary N) is 1. The van der Waals surface area contributed by atoms with Crippen LogP contribution in [0, 0.1) is 5.41 Å². The Balaban J connectivity index is 1.93. The van der Waals surface area contributed by atoms with Crippen molar-refractivity contribution in [3.05, 3.63) is 29.8 Å². The fraction of sp³-hybridized carbons (Fsp3) is 0.500. The van der Waals surface area contributed by atoms with Gasteiger partial charge in [0.05, 0.1) is 6.61 Å². The first-order chi connectivity index (χ1) is 9.15. The molecule has 1 aliphatic heterocycles. The molecule has 0 atom stereocenters. The number of hydrogen-bond donors (Lipinski definition) is 3. The molecular weight excluding hydrogens is 244 g/mol. The maximum Gasteiger partial charge on any atom is 0.251 e. The summed E-state index contributed by atoms with van der Waals surface area (Å²) in [6.07, 6.45) is 1.54. The highest BCUT2D eigenvalue weighted by atomic mass is 16.5. The SMILES string of the molecule is Nc1ccc(C(=O)NCC2(CO)CCOCC2)cc1. The molecule has 5 heteroatoms. The van der Waals surface area contributed by atoms with Crippen molar-refractivity contribution in [3.8, 4) is 0 Å². The lowest BCUT2D eigenvalue weighted by molar-refractivity contribution is -0.0146. The van der Waals surface area contributed by atoms with E-state index in [0.29, 0.717) is 31.0 Å². The molecule has 19 heavy (non-hydrogen) atoms. The van der Waals surface area contributed by atoms with Crippen molar-refractivity contribution in [2.24, 2.45) is 5.41 Å². The van der Waals surface area contributed by atoms with Crippen LogP contribution in [-0.2, 0) is 4.74 Å². The number of carbonyl (C=O) groups is 1. The summed E-state index contributed by atoms with van der Waals surface area (Å²) in [6, 6.07) is 6.79. The van der Waals surface area contributed by atoms with E-state index in [9.17, 15) is 9.90 Å². The van der Waals surface area contributed by atoms with Crippen molar-refractivity contribution in [3.63, 3.8) is 0 Å². The number of aliphatic hydroxyl groups is 1. The number of anilines is 1. The summed E-state index contributed by atoms with van der Waals surface area (Å²) in [7, 11) is 0. The molecule has 104 valence electrons. The topological polar surface area (TPSA) is 84.6 Å². The first-order valence-electron chi connectivity index (χ1n) is 6.48. The molecule has 1 aromatic carbocycles. The molecule has 2 rings (SSSR count). The Bertz CT molecular complexity index is 425. The molecule has 0 spiro atoms. The smallest absolute Gasteiger partial charge is 0.251 e. The molecular formula is C14H20N2O3. The van der Waals surface area contributed by atoms with Crippen molar-refractivity contribution in [1.82, 2.24) is 5.32 Å². The second-order valence-electron chi connectivity index (χ2n) is 5.08. The maximum atomic E-state index is 12.0. The molecule has 0 bridgehead atoms. The van der Waals surface area contributed by atoms with Gasteiger partial charge in [-0.1, -0.05) is 0 Å². The van der Waals surface area contributed by atoms with E-state index in [1.54, 1.807) is 24.3 Å². The summed E-state index contributed by atoms with van der Waals surface area (Å²) < 4.78 is 5.29. The first kappa shape index (κ1) is 13.8. The van der Waals surface area contributed by atoms with Gasteiger partial charge < -0.3 is 20.9 Å². The van der Waals surface area contributed by atoms with Gasteiger partial charge in [-0.05, 0) is 37.1 Å². The summed E-state index contributed by atoms with van der Waals surface area (Å²) in [5, 5.41) is 12.4. The Labute approximate surface area is 112 Å². The van der Waals surface area contributed by atoms with Gasteiger partial charge in [-0.25, -0.2) is 0 Å². The minimum absolute atomic E-state index is 0.0678. The zero-order valence-electron chi connectivity index (χ0n) is 10.9. The van der Waals surface area contributed by atoms with Gasteiger partial charge in [0.15, 0.2) is 0 Å². The van der Waals surface area contributed by atoms with Crippen molar-refractivity contribution >= 4 is 11.6 Å². The summed E-state index contributed by atoms with van der Waals surface area (Å²) >= 11 is 0. The van der Waals surface area contributed by atoms with Crippen LogP contribution < -0.4 is 11.1 Å². The molecule has 0 aromatic heterocycles. The number of ether oxygens (including phenoxy) is 1. The average Bonchev–Trinajstić information content (AvgIpc) is 2.46. The number of rotatable bonds is 4. The second kappa shape index (κ2) is 6.04. The van der Waals surface area contributed by atoms with Crippen molar-refractivity contribution in [1.29, 1.82) is 0 Å². The van der Waals surface area contributed by atoms with Gasteiger partial charge in [0.1, 0.15) is 0 Å². The molecule has 1 amide bonds. The minimum atomic E-state index is -0.248. The van der Waals surface area contributed by atoms with Gasteiger partial charge in [0, 0.05) is 36.4 Å². The Morgan fingerprint density at radius 1 is 1.32 bits per heavy atom. The van der Waals surface area contributed by atoms with Crippen LogP contribution >= 0.6 is 0 Å². The van der Waals surface area contributed by atoms with Gasteiger partial charge in [-0.15, -0.1) is 0 Å². The van der Waals surface area contributed by atoms with E-state index in [4.69, 9.17) is 10.5 Å². The van der Waals surface area contributed by atoms with Crippen LogP contribution in [0.3, 0.4) is 0 Å². The Morgan fingerprint density at radius 3 is 2.53 bits per heavy atom. The monoisotopic (exact) mass is 264 g/mol. The molecule has 4 N–H and O–H groups in total. The summed E-state index contributed by atoms with van der Waals surface area (Å²) in [5.41, 5.74) is 6.54. The van der Waals surface area contributed by atoms with Crippen molar-refractivity contribution in [2.75, 3.05) is 32.1 Å². The molecule has 0 radical (unpaired) electrons. The van der Waals surface area contributed by atoms with Gasteiger partial charge in [-0.3, -0.25) is 4.79 Å². The van der Waals surface area contributed by atoms with E-state index >= 15 is 0 Å². The summed E-state index contributed by atoms with van der Waals surface area (Å²) in [4.78, 5) is 12.0. The Morgan fingerprint density at radius 2 is 1.95 bits per heavy atom. The highest BCUT2D eigenvalue weighted by Crippen LogP contribution is 2.29. The van der Waals surface area contributed by atoms with Crippen LogP contribution in [0.5, 0.6) is 0 Å². The lowest BCUT2D eigenvalue weighted by Gasteiger charge is -2.35. The predicted molar refractivity (Wildman–Crippen MR) is 72.8 cm³/mol. The Kier molecular flexibility index (Phi) is 4.39. The highest BCUT2D eigenvalue weighted by Gasteiger charge is 2.32. The fourth-order valence-electron chi connectivity index (χ4n) is 2.20. The third-order valence-electron chi connectivity index (χ3n) is 3.69. The first-order valence-corrected chi connectivity index (χ1v) is 6.48.